The molecule has 1 rings (SSSR count). The third-order valence-corrected chi connectivity index (χ3v) is 2.84. The maximum Gasteiger partial charge on any atom is 0.341 e. The van der Waals surface area contributed by atoms with Crippen LogP contribution in [0.4, 0.5) is 0 Å². The van der Waals surface area contributed by atoms with Crippen molar-refractivity contribution in [2.24, 2.45) is 0 Å². The molecule has 0 amide bonds. The number of carbonyl (C=O) groups excluding carboxylic acids is 2. The summed E-state index contributed by atoms with van der Waals surface area (Å²) in [6.45, 7) is 5.09. The van der Waals surface area contributed by atoms with E-state index in [0.29, 0.717) is 5.75 Å². The number of thioether (sulfide) groups is 1. The summed E-state index contributed by atoms with van der Waals surface area (Å²) in [7, 11) is 1.38. The molecule has 1 heterocycles. The van der Waals surface area contributed by atoms with Gasteiger partial charge in [-0.2, -0.15) is 0 Å². The average molecular weight is 248 g/mol. The first-order chi connectivity index (χ1) is 7.41. The predicted molar refractivity (Wildman–Crippen MR) is 59.0 cm³/mol. The quantitative estimate of drug-likeness (QED) is 0.691. The lowest BCUT2D eigenvalue weighted by Gasteiger charge is -2.19. The van der Waals surface area contributed by atoms with Crippen molar-refractivity contribution in [1.82, 2.24) is 0 Å². The Labute approximate surface area is 98.8 Å². The van der Waals surface area contributed by atoms with Crippen molar-refractivity contribution in [2.45, 2.75) is 38.8 Å². The van der Waals surface area contributed by atoms with Crippen LogP contribution in [0, 0.1) is 0 Å². The Morgan fingerprint density at radius 1 is 1.62 bits per heavy atom. The smallest absolute Gasteiger partial charge is 0.341 e. The number of esters is 1. The molecule has 0 N–H and O–H groups in total. The Hall–Kier alpha value is -0.590. The molecular weight excluding hydrogens is 232 g/mol. The lowest BCUT2D eigenvalue weighted by atomic mass is 10.2. The van der Waals surface area contributed by atoms with Gasteiger partial charge in [0.1, 0.15) is 0 Å². The van der Waals surface area contributed by atoms with Crippen molar-refractivity contribution >= 4 is 22.8 Å². The number of hydrogen-bond acceptors (Lipinski definition) is 6. The van der Waals surface area contributed by atoms with E-state index in [-0.39, 0.29) is 5.12 Å². The summed E-state index contributed by atoms with van der Waals surface area (Å²) in [5.74, 6) is -0.915. The third-order valence-electron chi connectivity index (χ3n) is 2.04. The largest absolute Gasteiger partial charge is 0.432 e. The van der Waals surface area contributed by atoms with Gasteiger partial charge in [-0.3, -0.25) is 4.79 Å². The van der Waals surface area contributed by atoms with Crippen LogP contribution in [-0.4, -0.2) is 41.9 Å². The summed E-state index contributed by atoms with van der Waals surface area (Å²) in [6, 6.07) is 0. The summed E-state index contributed by atoms with van der Waals surface area (Å²) in [5, 5.41) is -0.218. The fraction of sp³-hybridized carbons (Fsp3) is 0.800. The zero-order valence-corrected chi connectivity index (χ0v) is 10.6. The molecule has 0 aromatic carbocycles. The van der Waals surface area contributed by atoms with Crippen molar-refractivity contribution in [3.63, 3.8) is 0 Å². The second-order valence-corrected chi connectivity index (χ2v) is 5.04. The topological polar surface area (TPSA) is 61.8 Å². The summed E-state index contributed by atoms with van der Waals surface area (Å²) < 4.78 is 15.3. The van der Waals surface area contributed by atoms with Gasteiger partial charge in [0.25, 0.3) is 0 Å². The van der Waals surface area contributed by atoms with Crippen LogP contribution in [-0.2, 0) is 23.8 Å². The lowest BCUT2D eigenvalue weighted by Crippen LogP contribution is -2.39. The molecule has 5 nitrogen and oxygen atoms in total. The van der Waals surface area contributed by atoms with E-state index in [1.54, 1.807) is 13.8 Å². The van der Waals surface area contributed by atoms with Crippen molar-refractivity contribution in [2.75, 3.05) is 12.9 Å². The van der Waals surface area contributed by atoms with Gasteiger partial charge in [-0.25, -0.2) is 4.79 Å². The van der Waals surface area contributed by atoms with Crippen LogP contribution in [0.3, 0.4) is 0 Å². The number of methoxy groups -OCH3 is 1. The highest BCUT2D eigenvalue weighted by Gasteiger charge is 2.47. The van der Waals surface area contributed by atoms with Crippen LogP contribution in [0.15, 0.2) is 0 Å². The summed E-state index contributed by atoms with van der Waals surface area (Å²) >= 11 is 1.10. The van der Waals surface area contributed by atoms with Gasteiger partial charge in [-0.05, 0) is 5.75 Å². The lowest BCUT2D eigenvalue weighted by molar-refractivity contribution is -0.163. The monoisotopic (exact) mass is 248 g/mol. The van der Waals surface area contributed by atoms with Gasteiger partial charge >= 0.3 is 5.97 Å². The maximum absolute atomic E-state index is 11.7. The highest BCUT2D eigenvalue weighted by atomic mass is 32.2. The van der Waals surface area contributed by atoms with Gasteiger partial charge in [0.2, 0.25) is 10.9 Å². The molecule has 1 aliphatic heterocycles. The minimum Gasteiger partial charge on any atom is -0.432 e. The fourth-order valence-electron chi connectivity index (χ4n) is 1.43. The third kappa shape index (κ3) is 2.96. The van der Waals surface area contributed by atoms with E-state index in [4.69, 9.17) is 14.2 Å². The van der Waals surface area contributed by atoms with Gasteiger partial charge in [0.05, 0.1) is 0 Å². The molecule has 0 aromatic heterocycles. The summed E-state index contributed by atoms with van der Waals surface area (Å²) in [6.07, 6.45) is -1.87. The molecule has 0 spiro atoms. The standard InChI is InChI=1S/C10H16O5S/c1-5-16-9(12)7(13-4)6-8(11)15-10(2,3)14-6/h6-7H,5H2,1-4H3/t6-,7-/m1/s1. The number of hydrogen-bond donors (Lipinski definition) is 0. The molecule has 0 unspecified atom stereocenters. The number of rotatable bonds is 4. The number of carbonyl (C=O) groups is 2. The van der Waals surface area contributed by atoms with E-state index < -0.39 is 24.0 Å². The van der Waals surface area contributed by atoms with Crippen molar-refractivity contribution < 1.29 is 23.8 Å². The van der Waals surface area contributed by atoms with E-state index in [2.05, 4.69) is 0 Å². The summed E-state index contributed by atoms with van der Waals surface area (Å²) in [4.78, 5) is 23.2. The molecule has 0 bridgehead atoms. The van der Waals surface area contributed by atoms with Crippen molar-refractivity contribution in [3.05, 3.63) is 0 Å². The van der Waals surface area contributed by atoms with Crippen LogP contribution in [0.25, 0.3) is 0 Å². The average Bonchev–Trinajstić information content (AvgIpc) is 2.42. The molecule has 0 aliphatic carbocycles. The van der Waals surface area contributed by atoms with Crippen molar-refractivity contribution in [1.29, 1.82) is 0 Å². The van der Waals surface area contributed by atoms with Gasteiger partial charge in [0.15, 0.2) is 12.2 Å². The van der Waals surface area contributed by atoms with E-state index in [1.165, 1.54) is 7.11 Å². The zero-order chi connectivity index (χ0) is 12.3. The molecule has 0 radical (unpaired) electrons. The summed E-state index contributed by atoms with van der Waals surface area (Å²) in [5.41, 5.74) is 0. The highest BCUT2D eigenvalue weighted by molar-refractivity contribution is 8.13. The molecule has 6 heteroatoms. The first-order valence-electron chi connectivity index (χ1n) is 5.01. The van der Waals surface area contributed by atoms with Gasteiger partial charge in [-0.1, -0.05) is 18.7 Å². The Kier molecular flexibility index (Phi) is 4.35. The Balaban J connectivity index is 2.74. The number of cyclic esters (lactones) is 1. The molecule has 2 atom stereocenters. The Bertz CT molecular complexity index is 289. The Morgan fingerprint density at radius 3 is 2.62 bits per heavy atom. The van der Waals surface area contributed by atoms with E-state index in [1.807, 2.05) is 6.92 Å². The molecular formula is C10H16O5S. The number of ether oxygens (including phenoxy) is 3. The molecule has 0 aromatic rings. The van der Waals surface area contributed by atoms with E-state index in [9.17, 15) is 9.59 Å². The molecule has 1 fully saturated rings. The molecule has 1 saturated heterocycles. The van der Waals surface area contributed by atoms with Gasteiger partial charge in [0, 0.05) is 21.0 Å². The second-order valence-electron chi connectivity index (χ2n) is 3.77. The highest BCUT2D eigenvalue weighted by Crippen LogP contribution is 2.28. The minimum absolute atomic E-state index is 0.218. The van der Waals surface area contributed by atoms with E-state index >= 15 is 0 Å². The maximum atomic E-state index is 11.7. The van der Waals surface area contributed by atoms with Crippen molar-refractivity contribution in [3.8, 4) is 0 Å². The normalized spacial score (nSPS) is 25.2. The first-order valence-corrected chi connectivity index (χ1v) is 6.00. The van der Waals surface area contributed by atoms with Gasteiger partial charge in [-0.15, -0.1) is 0 Å². The van der Waals surface area contributed by atoms with Gasteiger partial charge < -0.3 is 14.2 Å². The van der Waals surface area contributed by atoms with Crippen LogP contribution < -0.4 is 0 Å². The predicted octanol–water partition coefficient (Wildman–Crippen LogP) is 0.959. The minimum atomic E-state index is -0.990. The SMILES string of the molecule is CCSC(=O)[C@H](OC)[C@H]1OC(C)(C)OC1=O. The molecule has 92 valence electrons. The first kappa shape index (κ1) is 13.5. The fourth-order valence-corrected chi connectivity index (χ4v) is 2.10. The molecule has 0 saturated carbocycles. The molecule has 1 aliphatic rings. The van der Waals surface area contributed by atoms with Crippen LogP contribution >= 0.6 is 11.8 Å². The molecule has 16 heavy (non-hydrogen) atoms. The van der Waals surface area contributed by atoms with Crippen LogP contribution in [0.2, 0.25) is 0 Å². The van der Waals surface area contributed by atoms with Crippen LogP contribution in [0.1, 0.15) is 20.8 Å². The second kappa shape index (κ2) is 5.16. The van der Waals surface area contributed by atoms with E-state index in [0.717, 1.165) is 11.8 Å². The Morgan fingerprint density at radius 2 is 2.25 bits per heavy atom. The zero-order valence-electron chi connectivity index (χ0n) is 9.81. The van der Waals surface area contributed by atoms with Crippen LogP contribution in [0.5, 0.6) is 0 Å².